The fraction of sp³-hybridized carbons (Fsp3) is 0.450. The molecule has 1 heterocycles. The second-order valence-corrected chi connectivity index (χ2v) is 7.42. The number of hydrogen-bond acceptors (Lipinski definition) is 4. The van der Waals surface area contributed by atoms with E-state index < -0.39 is 0 Å². The van der Waals surface area contributed by atoms with Crippen LogP contribution in [0, 0.1) is 24.2 Å². The normalized spacial score (nSPS) is 21.4. The van der Waals surface area contributed by atoms with E-state index in [1.807, 2.05) is 31.2 Å². The van der Waals surface area contributed by atoms with Crippen LogP contribution in [0.25, 0.3) is 11.0 Å². The highest BCUT2D eigenvalue weighted by molar-refractivity contribution is 5.78. The van der Waals surface area contributed by atoms with E-state index in [4.69, 9.17) is 4.74 Å². The standard InChI is InChI=1S/C20H24N2O2/c1-12(2)10-14-18(20(14,4)5)19(23)24-11-17-13(3)21-15-8-6-7-9-16(15)22-17/h6-10,14,18H,11H2,1-5H3/t14-,18-/m0/s1. The molecule has 0 radical (unpaired) electrons. The molecule has 24 heavy (non-hydrogen) atoms. The van der Waals surface area contributed by atoms with Gasteiger partial charge in [0, 0.05) is 0 Å². The van der Waals surface area contributed by atoms with Crippen LogP contribution < -0.4 is 0 Å². The molecule has 1 aliphatic rings. The Balaban J connectivity index is 1.71. The van der Waals surface area contributed by atoms with Crippen LogP contribution in [-0.2, 0) is 16.1 Å². The van der Waals surface area contributed by atoms with Crippen molar-refractivity contribution in [2.45, 2.75) is 41.2 Å². The average molecular weight is 324 g/mol. The van der Waals surface area contributed by atoms with Crippen LogP contribution in [0.1, 0.15) is 39.1 Å². The molecular formula is C20H24N2O2. The maximum atomic E-state index is 12.5. The lowest BCUT2D eigenvalue weighted by Crippen LogP contribution is -2.12. The van der Waals surface area contributed by atoms with Gasteiger partial charge in [-0.2, -0.15) is 0 Å². The first kappa shape index (κ1) is 16.6. The van der Waals surface area contributed by atoms with E-state index in [0.717, 1.165) is 22.4 Å². The van der Waals surface area contributed by atoms with Crippen LogP contribution in [0.2, 0.25) is 0 Å². The molecule has 0 amide bonds. The van der Waals surface area contributed by atoms with E-state index in [1.165, 1.54) is 5.57 Å². The molecule has 0 spiro atoms. The zero-order chi connectivity index (χ0) is 17.5. The SMILES string of the molecule is CC(C)=C[C@H]1[C@@H](C(=O)OCc2nc3ccccc3nc2C)C1(C)C. The highest BCUT2D eigenvalue weighted by Gasteiger charge is 2.61. The fourth-order valence-electron chi connectivity index (χ4n) is 3.29. The number of aromatic nitrogens is 2. The third-order valence-electron chi connectivity index (χ3n) is 4.87. The van der Waals surface area contributed by atoms with Gasteiger partial charge < -0.3 is 4.74 Å². The molecule has 1 saturated carbocycles. The van der Waals surface area contributed by atoms with Crippen molar-refractivity contribution in [3.63, 3.8) is 0 Å². The molecule has 1 aromatic heterocycles. The van der Waals surface area contributed by atoms with Crippen molar-refractivity contribution < 1.29 is 9.53 Å². The van der Waals surface area contributed by atoms with Crippen LogP contribution in [-0.4, -0.2) is 15.9 Å². The largest absolute Gasteiger partial charge is 0.459 e. The number of hydrogen-bond donors (Lipinski definition) is 0. The van der Waals surface area contributed by atoms with Crippen molar-refractivity contribution in [2.24, 2.45) is 17.3 Å². The maximum Gasteiger partial charge on any atom is 0.310 e. The van der Waals surface area contributed by atoms with Gasteiger partial charge in [-0.3, -0.25) is 4.79 Å². The number of allylic oxidation sites excluding steroid dienone is 2. The molecule has 1 aliphatic carbocycles. The van der Waals surface area contributed by atoms with Gasteiger partial charge in [0.2, 0.25) is 0 Å². The van der Waals surface area contributed by atoms with Crippen LogP contribution in [0.5, 0.6) is 0 Å². The molecule has 3 rings (SSSR count). The first-order chi connectivity index (χ1) is 11.3. The highest BCUT2D eigenvalue weighted by Crippen LogP contribution is 2.59. The van der Waals surface area contributed by atoms with Crippen LogP contribution in [0.4, 0.5) is 0 Å². The predicted molar refractivity (Wildman–Crippen MR) is 94.3 cm³/mol. The Morgan fingerprint density at radius 3 is 2.46 bits per heavy atom. The quantitative estimate of drug-likeness (QED) is 0.624. The molecule has 0 aliphatic heterocycles. The number of ether oxygens (including phenoxy) is 1. The van der Waals surface area contributed by atoms with Gasteiger partial charge in [-0.1, -0.05) is 37.6 Å². The number of nitrogens with zero attached hydrogens (tertiary/aromatic N) is 2. The average Bonchev–Trinajstić information content (AvgIpc) is 3.04. The molecule has 4 nitrogen and oxygen atoms in total. The van der Waals surface area contributed by atoms with E-state index >= 15 is 0 Å². The molecule has 0 bridgehead atoms. The lowest BCUT2D eigenvalue weighted by atomic mass is 10.1. The van der Waals surface area contributed by atoms with Crippen molar-refractivity contribution >= 4 is 17.0 Å². The number of fused-ring (bicyclic) bond motifs is 1. The Bertz CT molecular complexity index is 819. The summed E-state index contributed by atoms with van der Waals surface area (Å²) >= 11 is 0. The van der Waals surface area contributed by atoms with Crippen molar-refractivity contribution in [3.05, 3.63) is 47.3 Å². The van der Waals surface area contributed by atoms with E-state index in [-0.39, 0.29) is 29.8 Å². The van der Waals surface area contributed by atoms with E-state index in [1.54, 1.807) is 0 Å². The number of carbonyl (C=O) groups is 1. The Labute approximate surface area is 143 Å². The van der Waals surface area contributed by atoms with Gasteiger partial charge in [0.05, 0.1) is 28.3 Å². The molecule has 126 valence electrons. The summed E-state index contributed by atoms with van der Waals surface area (Å²) < 4.78 is 5.56. The summed E-state index contributed by atoms with van der Waals surface area (Å²) in [5.41, 5.74) is 4.41. The zero-order valence-corrected chi connectivity index (χ0v) is 15.0. The smallest absolute Gasteiger partial charge is 0.310 e. The van der Waals surface area contributed by atoms with Crippen LogP contribution in [0.3, 0.4) is 0 Å². The molecule has 1 aromatic carbocycles. The highest BCUT2D eigenvalue weighted by atomic mass is 16.5. The van der Waals surface area contributed by atoms with Crippen molar-refractivity contribution in [1.29, 1.82) is 0 Å². The fourth-order valence-corrected chi connectivity index (χ4v) is 3.29. The van der Waals surface area contributed by atoms with Gasteiger partial charge in [-0.25, -0.2) is 9.97 Å². The number of para-hydroxylation sites is 2. The lowest BCUT2D eigenvalue weighted by molar-refractivity contribution is -0.147. The van der Waals surface area contributed by atoms with Gasteiger partial charge in [-0.15, -0.1) is 0 Å². The monoisotopic (exact) mass is 324 g/mol. The summed E-state index contributed by atoms with van der Waals surface area (Å²) in [5.74, 6) is 0.0526. The minimum atomic E-state index is -0.142. The molecule has 0 unspecified atom stereocenters. The third-order valence-corrected chi connectivity index (χ3v) is 4.87. The van der Waals surface area contributed by atoms with Gasteiger partial charge in [0.1, 0.15) is 6.61 Å². The minimum Gasteiger partial charge on any atom is -0.459 e. The maximum absolute atomic E-state index is 12.5. The molecule has 2 aromatic rings. The van der Waals surface area contributed by atoms with E-state index in [0.29, 0.717) is 0 Å². The second kappa shape index (κ2) is 6.00. The molecule has 2 atom stereocenters. The molecule has 0 saturated heterocycles. The summed E-state index contributed by atoms with van der Waals surface area (Å²) in [6, 6.07) is 7.72. The van der Waals surface area contributed by atoms with Gasteiger partial charge in [0.25, 0.3) is 0 Å². The van der Waals surface area contributed by atoms with Crippen molar-refractivity contribution in [1.82, 2.24) is 9.97 Å². The number of carbonyl (C=O) groups excluding carboxylic acids is 1. The van der Waals surface area contributed by atoms with Crippen molar-refractivity contribution in [2.75, 3.05) is 0 Å². The number of benzene rings is 1. The Kier molecular flexibility index (Phi) is 4.16. The van der Waals surface area contributed by atoms with Crippen LogP contribution >= 0.6 is 0 Å². The molecule has 4 heteroatoms. The van der Waals surface area contributed by atoms with E-state index in [2.05, 4.69) is 43.7 Å². The topological polar surface area (TPSA) is 52.1 Å². The summed E-state index contributed by atoms with van der Waals surface area (Å²) in [6.45, 7) is 10.4. The Morgan fingerprint density at radius 1 is 1.21 bits per heavy atom. The van der Waals surface area contributed by atoms with Gasteiger partial charge in [-0.05, 0) is 44.2 Å². The van der Waals surface area contributed by atoms with Crippen LogP contribution in [0.15, 0.2) is 35.9 Å². The number of esters is 1. The lowest BCUT2D eigenvalue weighted by Gasteiger charge is -2.08. The number of rotatable bonds is 4. The second-order valence-electron chi connectivity index (χ2n) is 7.42. The van der Waals surface area contributed by atoms with Gasteiger partial charge in [0.15, 0.2) is 0 Å². The molecular weight excluding hydrogens is 300 g/mol. The zero-order valence-electron chi connectivity index (χ0n) is 15.0. The summed E-state index contributed by atoms with van der Waals surface area (Å²) in [5, 5.41) is 0. The molecule has 0 N–H and O–H groups in total. The first-order valence-electron chi connectivity index (χ1n) is 8.34. The van der Waals surface area contributed by atoms with E-state index in [9.17, 15) is 4.79 Å². The summed E-state index contributed by atoms with van der Waals surface area (Å²) in [6.07, 6.45) is 2.17. The summed E-state index contributed by atoms with van der Waals surface area (Å²) in [4.78, 5) is 21.6. The van der Waals surface area contributed by atoms with Gasteiger partial charge >= 0.3 is 5.97 Å². The Hall–Kier alpha value is -2.23. The summed E-state index contributed by atoms with van der Waals surface area (Å²) in [7, 11) is 0. The predicted octanol–water partition coefficient (Wildman–Crippen LogP) is 4.22. The van der Waals surface area contributed by atoms with Crippen molar-refractivity contribution in [3.8, 4) is 0 Å². The first-order valence-corrected chi connectivity index (χ1v) is 8.34. The number of aryl methyl sites for hydroxylation is 1. The Morgan fingerprint density at radius 2 is 1.83 bits per heavy atom. The third kappa shape index (κ3) is 3.05. The molecule has 1 fully saturated rings. The minimum absolute atomic E-state index is 0.0293.